The van der Waals surface area contributed by atoms with Crippen LogP contribution in [-0.4, -0.2) is 37.0 Å². The van der Waals surface area contributed by atoms with Crippen molar-refractivity contribution in [3.05, 3.63) is 78.4 Å². The number of ether oxygens (including phenoxy) is 2. The number of carbonyl (C=O) groups is 3. The fraction of sp³-hybridized carbons (Fsp3) is 0.192. The zero-order valence-corrected chi connectivity index (χ0v) is 19.1. The number of hydrogen-bond acceptors (Lipinski definition) is 5. The van der Waals surface area contributed by atoms with E-state index in [1.807, 2.05) is 18.2 Å². The van der Waals surface area contributed by atoms with Gasteiger partial charge in [-0.25, -0.2) is 0 Å². The summed E-state index contributed by atoms with van der Waals surface area (Å²) in [4.78, 5) is 40.2. The first-order chi connectivity index (χ1) is 16.3. The lowest BCUT2D eigenvalue weighted by molar-refractivity contribution is -0.133. The van der Waals surface area contributed by atoms with Crippen LogP contribution in [0.1, 0.15) is 24.2 Å². The summed E-state index contributed by atoms with van der Waals surface area (Å²) in [5, 5.41) is 5.60. The van der Waals surface area contributed by atoms with Crippen molar-refractivity contribution >= 4 is 34.8 Å². The standard InChI is InChI=1S/C26H25N3O5/c1-26(2)25(32)29(16-23(30)28-19-11-7-8-12-21(19)33-3)20-15-17(13-14-22(20)34-26)24(31)27-18-9-5-4-6-10-18/h4-15H,16H2,1-3H3,(H,27,31)(H,28,30). The third kappa shape index (κ3) is 4.71. The number of para-hydroxylation sites is 3. The molecular formula is C26H25N3O5. The number of carbonyl (C=O) groups excluding carboxylic acids is 3. The molecule has 4 rings (SSSR count). The lowest BCUT2D eigenvalue weighted by atomic mass is 10.0. The molecule has 174 valence electrons. The minimum Gasteiger partial charge on any atom is -0.495 e. The fourth-order valence-corrected chi connectivity index (χ4v) is 3.67. The van der Waals surface area contributed by atoms with Gasteiger partial charge in [-0.1, -0.05) is 30.3 Å². The van der Waals surface area contributed by atoms with Crippen LogP contribution in [0, 0.1) is 0 Å². The van der Waals surface area contributed by atoms with Gasteiger partial charge in [0, 0.05) is 11.3 Å². The number of hydrogen-bond donors (Lipinski definition) is 2. The first-order valence-electron chi connectivity index (χ1n) is 10.7. The molecule has 0 fully saturated rings. The van der Waals surface area contributed by atoms with E-state index < -0.39 is 17.4 Å². The molecule has 3 aromatic carbocycles. The van der Waals surface area contributed by atoms with E-state index in [2.05, 4.69) is 10.6 Å². The summed E-state index contributed by atoms with van der Waals surface area (Å²) in [6, 6.07) is 20.9. The number of fused-ring (bicyclic) bond motifs is 1. The normalized spacial score (nSPS) is 14.0. The molecule has 0 radical (unpaired) electrons. The van der Waals surface area contributed by atoms with Gasteiger partial charge < -0.3 is 20.1 Å². The van der Waals surface area contributed by atoms with E-state index in [1.165, 1.54) is 12.0 Å². The first-order valence-corrected chi connectivity index (χ1v) is 10.7. The Morgan fingerprint density at radius 3 is 2.41 bits per heavy atom. The second kappa shape index (κ2) is 9.27. The molecule has 8 heteroatoms. The summed E-state index contributed by atoms with van der Waals surface area (Å²) < 4.78 is 11.2. The Kier molecular flexibility index (Phi) is 6.23. The fourth-order valence-electron chi connectivity index (χ4n) is 3.67. The van der Waals surface area contributed by atoms with Gasteiger partial charge >= 0.3 is 0 Å². The van der Waals surface area contributed by atoms with Crippen molar-refractivity contribution in [2.75, 3.05) is 29.2 Å². The molecule has 1 aliphatic rings. The van der Waals surface area contributed by atoms with E-state index in [9.17, 15) is 14.4 Å². The van der Waals surface area contributed by atoms with E-state index in [4.69, 9.17) is 9.47 Å². The number of nitrogens with one attached hydrogen (secondary N) is 2. The average molecular weight is 460 g/mol. The Morgan fingerprint density at radius 1 is 0.971 bits per heavy atom. The van der Waals surface area contributed by atoms with Crippen LogP contribution in [-0.2, 0) is 9.59 Å². The number of anilines is 3. The van der Waals surface area contributed by atoms with Gasteiger partial charge in [-0.2, -0.15) is 0 Å². The summed E-state index contributed by atoms with van der Waals surface area (Å²) in [6.45, 7) is 3.01. The molecule has 34 heavy (non-hydrogen) atoms. The molecule has 0 saturated carbocycles. The third-order valence-electron chi connectivity index (χ3n) is 5.35. The van der Waals surface area contributed by atoms with Crippen LogP contribution in [0.5, 0.6) is 11.5 Å². The number of methoxy groups -OCH3 is 1. The van der Waals surface area contributed by atoms with Crippen molar-refractivity contribution in [2.45, 2.75) is 19.4 Å². The molecule has 0 spiro atoms. The smallest absolute Gasteiger partial charge is 0.271 e. The van der Waals surface area contributed by atoms with E-state index in [0.29, 0.717) is 34.1 Å². The van der Waals surface area contributed by atoms with Crippen LogP contribution in [0.25, 0.3) is 0 Å². The molecule has 0 unspecified atom stereocenters. The Labute approximate surface area is 197 Å². The molecule has 0 aliphatic carbocycles. The molecule has 0 saturated heterocycles. The quantitative estimate of drug-likeness (QED) is 0.579. The number of nitrogens with zero attached hydrogens (tertiary/aromatic N) is 1. The molecule has 0 aromatic heterocycles. The van der Waals surface area contributed by atoms with Gasteiger partial charge in [0.25, 0.3) is 11.8 Å². The van der Waals surface area contributed by atoms with Gasteiger partial charge in [0.15, 0.2) is 5.60 Å². The summed E-state index contributed by atoms with van der Waals surface area (Å²) >= 11 is 0. The van der Waals surface area contributed by atoms with Gasteiger partial charge in [-0.3, -0.25) is 19.3 Å². The van der Waals surface area contributed by atoms with Gasteiger partial charge in [0.05, 0.1) is 18.5 Å². The van der Waals surface area contributed by atoms with Gasteiger partial charge in [-0.15, -0.1) is 0 Å². The molecule has 0 bridgehead atoms. The first kappa shape index (κ1) is 22.8. The SMILES string of the molecule is COc1ccccc1NC(=O)CN1C(=O)C(C)(C)Oc2ccc(C(=O)Nc3ccccc3)cc21. The van der Waals surface area contributed by atoms with Crippen LogP contribution in [0.15, 0.2) is 72.8 Å². The minimum absolute atomic E-state index is 0.263. The highest BCUT2D eigenvalue weighted by atomic mass is 16.5. The lowest BCUT2D eigenvalue weighted by Crippen LogP contribution is -2.54. The Hall–Kier alpha value is -4.33. The average Bonchev–Trinajstić information content (AvgIpc) is 2.82. The largest absolute Gasteiger partial charge is 0.495 e. The molecule has 8 nitrogen and oxygen atoms in total. The van der Waals surface area contributed by atoms with Crippen LogP contribution in [0.3, 0.4) is 0 Å². The van der Waals surface area contributed by atoms with E-state index in [-0.39, 0.29) is 12.5 Å². The summed E-state index contributed by atoms with van der Waals surface area (Å²) in [6.07, 6.45) is 0. The van der Waals surface area contributed by atoms with Crippen LogP contribution in [0.2, 0.25) is 0 Å². The Balaban J connectivity index is 1.61. The maximum atomic E-state index is 13.2. The summed E-state index contributed by atoms with van der Waals surface area (Å²) in [5.41, 5.74) is 0.637. The maximum Gasteiger partial charge on any atom is 0.271 e. The van der Waals surface area contributed by atoms with Crippen molar-refractivity contribution in [1.29, 1.82) is 0 Å². The van der Waals surface area contributed by atoms with E-state index in [1.54, 1.807) is 68.4 Å². The molecule has 0 atom stereocenters. The van der Waals surface area contributed by atoms with Crippen molar-refractivity contribution in [3.8, 4) is 11.5 Å². The van der Waals surface area contributed by atoms with Crippen LogP contribution in [0.4, 0.5) is 17.1 Å². The predicted molar refractivity (Wildman–Crippen MR) is 130 cm³/mol. The number of amides is 3. The highest BCUT2D eigenvalue weighted by Gasteiger charge is 2.42. The lowest BCUT2D eigenvalue weighted by Gasteiger charge is -2.38. The number of benzene rings is 3. The van der Waals surface area contributed by atoms with Crippen LogP contribution >= 0.6 is 0 Å². The third-order valence-corrected chi connectivity index (χ3v) is 5.35. The van der Waals surface area contributed by atoms with Crippen molar-refractivity contribution < 1.29 is 23.9 Å². The predicted octanol–water partition coefficient (Wildman–Crippen LogP) is 4.09. The summed E-state index contributed by atoms with van der Waals surface area (Å²) in [7, 11) is 1.51. The zero-order chi connectivity index (χ0) is 24.3. The topological polar surface area (TPSA) is 97.0 Å². The monoisotopic (exact) mass is 459 g/mol. The highest BCUT2D eigenvalue weighted by molar-refractivity contribution is 6.10. The zero-order valence-electron chi connectivity index (χ0n) is 19.1. The Bertz CT molecular complexity index is 1240. The van der Waals surface area contributed by atoms with Crippen molar-refractivity contribution in [3.63, 3.8) is 0 Å². The maximum absolute atomic E-state index is 13.2. The van der Waals surface area contributed by atoms with Crippen molar-refractivity contribution in [2.24, 2.45) is 0 Å². The molecule has 3 aromatic rings. The molecular weight excluding hydrogens is 434 g/mol. The van der Waals surface area contributed by atoms with E-state index in [0.717, 1.165) is 0 Å². The second-order valence-electron chi connectivity index (χ2n) is 8.25. The molecule has 3 amide bonds. The molecule has 1 heterocycles. The molecule has 2 N–H and O–H groups in total. The van der Waals surface area contributed by atoms with E-state index >= 15 is 0 Å². The van der Waals surface area contributed by atoms with Crippen LogP contribution < -0.4 is 25.0 Å². The second-order valence-corrected chi connectivity index (χ2v) is 8.25. The highest BCUT2D eigenvalue weighted by Crippen LogP contribution is 2.38. The van der Waals surface area contributed by atoms with Gasteiger partial charge in [0.1, 0.15) is 18.0 Å². The summed E-state index contributed by atoms with van der Waals surface area (Å²) in [5.74, 6) is -0.239. The Morgan fingerprint density at radius 2 is 1.68 bits per heavy atom. The van der Waals surface area contributed by atoms with Crippen molar-refractivity contribution in [1.82, 2.24) is 0 Å². The van der Waals surface area contributed by atoms with Gasteiger partial charge in [-0.05, 0) is 56.3 Å². The molecule has 1 aliphatic heterocycles. The van der Waals surface area contributed by atoms with Gasteiger partial charge in [0.2, 0.25) is 5.91 Å². The minimum atomic E-state index is -1.18. The number of rotatable bonds is 6.